The van der Waals surface area contributed by atoms with Crippen molar-refractivity contribution in [2.75, 3.05) is 40.3 Å². The summed E-state index contributed by atoms with van der Waals surface area (Å²) in [4.78, 5) is 2.22. The van der Waals surface area contributed by atoms with E-state index >= 15 is 0 Å². The summed E-state index contributed by atoms with van der Waals surface area (Å²) in [6.07, 6.45) is 1.21. The van der Waals surface area contributed by atoms with Crippen LogP contribution in [0.25, 0.3) is 0 Å². The zero-order chi connectivity index (χ0) is 12.3. The van der Waals surface area contributed by atoms with Crippen LogP contribution in [0, 0.1) is 0 Å². The molecule has 96 valence electrons. The quantitative estimate of drug-likeness (QED) is 0.632. The zero-order valence-electron chi connectivity index (χ0n) is 11.1. The molecule has 0 aliphatic carbocycles. The first kappa shape index (κ1) is 14.2. The topological polar surface area (TPSA) is 27.3 Å². The van der Waals surface area contributed by atoms with E-state index in [4.69, 9.17) is 0 Å². The standard InChI is InChI=1S/C14H25N3/c1-17(2)12-6-9-15-10-11-16-13-14-7-4-3-5-8-14/h3-5,7-8,15-16H,6,9-13H2,1-2H3. The van der Waals surface area contributed by atoms with Gasteiger partial charge in [-0.05, 0) is 39.2 Å². The van der Waals surface area contributed by atoms with Crippen LogP contribution in [0.1, 0.15) is 12.0 Å². The summed E-state index contributed by atoms with van der Waals surface area (Å²) in [7, 11) is 4.23. The van der Waals surface area contributed by atoms with Gasteiger partial charge in [0, 0.05) is 19.6 Å². The number of hydrogen-bond donors (Lipinski definition) is 2. The molecule has 0 aliphatic heterocycles. The number of rotatable bonds is 9. The van der Waals surface area contributed by atoms with Gasteiger partial charge in [-0.15, -0.1) is 0 Å². The number of nitrogens with one attached hydrogen (secondary N) is 2. The van der Waals surface area contributed by atoms with E-state index < -0.39 is 0 Å². The normalized spacial score (nSPS) is 11.0. The lowest BCUT2D eigenvalue weighted by molar-refractivity contribution is 0.394. The van der Waals surface area contributed by atoms with Crippen LogP contribution in [0.15, 0.2) is 30.3 Å². The Morgan fingerprint density at radius 2 is 1.65 bits per heavy atom. The zero-order valence-corrected chi connectivity index (χ0v) is 11.1. The van der Waals surface area contributed by atoms with Gasteiger partial charge in [0.25, 0.3) is 0 Å². The van der Waals surface area contributed by atoms with Crippen molar-refractivity contribution in [1.29, 1.82) is 0 Å². The van der Waals surface area contributed by atoms with Crippen molar-refractivity contribution in [2.24, 2.45) is 0 Å². The molecule has 1 rings (SSSR count). The van der Waals surface area contributed by atoms with Crippen LogP contribution >= 0.6 is 0 Å². The summed E-state index contributed by atoms with van der Waals surface area (Å²) in [5.74, 6) is 0. The predicted molar refractivity (Wildman–Crippen MR) is 74.2 cm³/mol. The van der Waals surface area contributed by atoms with E-state index in [0.717, 1.165) is 32.7 Å². The highest BCUT2D eigenvalue weighted by atomic mass is 15.1. The second kappa shape index (κ2) is 9.16. The van der Waals surface area contributed by atoms with E-state index in [1.54, 1.807) is 0 Å². The Bertz CT molecular complexity index is 272. The van der Waals surface area contributed by atoms with Gasteiger partial charge >= 0.3 is 0 Å². The molecule has 0 atom stereocenters. The van der Waals surface area contributed by atoms with Crippen LogP contribution in [0.4, 0.5) is 0 Å². The first-order chi connectivity index (χ1) is 8.29. The highest BCUT2D eigenvalue weighted by molar-refractivity contribution is 5.14. The highest BCUT2D eigenvalue weighted by Gasteiger charge is 1.92. The van der Waals surface area contributed by atoms with E-state index in [-0.39, 0.29) is 0 Å². The van der Waals surface area contributed by atoms with Crippen LogP contribution in [0.3, 0.4) is 0 Å². The van der Waals surface area contributed by atoms with Crippen molar-refractivity contribution in [3.63, 3.8) is 0 Å². The largest absolute Gasteiger partial charge is 0.315 e. The van der Waals surface area contributed by atoms with Gasteiger partial charge in [0.15, 0.2) is 0 Å². The Morgan fingerprint density at radius 1 is 0.941 bits per heavy atom. The first-order valence-electron chi connectivity index (χ1n) is 6.39. The Hall–Kier alpha value is -0.900. The van der Waals surface area contributed by atoms with Crippen LogP contribution in [0.2, 0.25) is 0 Å². The fourth-order valence-electron chi connectivity index (χ4n) is 1.65. The van der Waals surface area contributed by atoms with Crippen LogP contribution in [-0.4, -0.2) is 45.2 Å². The molecule has 2 N–H and O–H groups in total. The summed E-state index contributed by atoms with van der Waals surface area (Å²) >= 11 is 0. The molecule has 1 aromatic carbocycles. The highest BCUT2D eigenvalue weighted by Crippen LogP contribution is 1.96. The summed E-state index contributed by atoms with van der Waals surface area (Å²) < 4.78 is 0. The van der Waals surface area contributed by atoms with Crippen LogP contribution in [-0.2, 0) is 6.54 Å². The van der Waals surface area contributed by atoms with E-state index in [2.05, 4.69) is 60.0 Å². The Kier molecular flexibility index (Phi) is 7.63. The molecule has 0 radical (unpaired) electrons. The van der Waals surface area contributed by atoms with E-state index in [9.17, 15) is 0 Å². The fraction of sp³-hybridized carbons (Fsp3) is 0.571. The maximum absolute atomic E-state index is 3.44. The third kappa shape index (κ3) is 7.91. The van der Waals surface area contributed by atoms with Crippen molar-refractivity contribution >= 4 is 0 Å². The fourth-order valence-corrected chi connectivity index (χ4v) is 1.65. The molecular formula is C14H25N3. The predicted octanol–water partition coefficient (Wildman–Crippen LogP) is 1.32. The van der Waals surface area contributed by atoms with Gasteiger partial charge in [0.1, 0.15) is 0 Å². The molecule has 0 spiro atoms. The lowest BCUT2D eigenvalue weighted by Gasteiger charge is -2.10. The van der Waals surface area contributed by atoms with Gasteiger partial charge in [-0.2, -0.15) is 0 Å². The van der Waals surface area contributed by atoms with Crippen LogP contribution in [0.5, 0.6) is 0 Å². The van der Waals surface area contributed by atoms with Crippen molar-refractivity contribution in [3.8, 4) is 0 Å². The molecule has 0 bridgehead atoms. The van der Waals surface area contributed by atoms with Gasteiger partial charge in [0.2, 0.25) is 0 Å². The van der Waals surface area contributed by atoms with E-state index in [0.29, 0.717) is 0 Å². The molecule has 0 aliphatic rings. The molecule has 3 nitrogen and oxygen atoms in total. The van der Waals surface area contributed by atoms with E-state index in [1.165, 1.54) is 12.0 Å². The second-order valence-corrected chi connectivity index (χ2v) is 4.57. The van der Waals surface area contributed by atoms with Crippen molar-refractivity contribution in [2.45, 2.75) is 13.0 Å². The smallest absolute Gasteiger partial charge is 0.0206 e. The maximum Gasteiger partial charge on any atom is 0.0206 e. The molecule has 0 saturated carbocycles. The molecule has 0 heterocycles. The minimum Gasteiger partial charge on any atom is -0.315 e. The third-order valence-corrected chi connectivity index (χ3v) is 2.61. The molecule has 0 saturated heterocycles. The number of nitrogens with zero attached hydrogens (tertiary/aromatic N) is 1. The van der Waals surface area contributed by atoms with Gasteiger partial charge in [-0.25, -0.2) is 0 Å². The summed E-state index contributed by atoms with van der Waals surface area (Å²) in [5.41, 5.74) is 1.35. The third-order valence-electron chi connectivity index (χ3n) is 2.61. The first-order valence-corrected chi connectivity index (χ1v) is 6.39. The molecule has 0 fully saturated rings. The minimum atomic E-state index is 0.959. The van der Waals surface area contributed by atoms with Gasteiger partial charge in [0.05, 0.1) is 0 Å². The molecular weight excluding hydrogens is 210 g/mol. The minimum absolute atomic E-state index is 0.959. The van der Waals surface area contributed by atoms with Gasteiger partial charge < -0.3 is 15.5 Å². The second-order valence-electron chi connectivity index (χ2n) is 4.57. The Labute approximate surface area is 105 Å². The maximum atomic E-state index is 3.44. The van der Waals surface area contributed by atoms with Gasteiger partial charge in [-0.3, -0.25) is 0 Å². The summed E-state index contributed by atoms with van der Waals surface area (Å²) in [6.45, 7) is 5.28. The van der Waals surface area contributed by atoms with Crippen molar-refractivity contribution < 1.29 is 0 Å². The molecule has 17 heavy (non-hydrogen) atoms. The Morgan fingerprint density at radius 3 is 2.35 bits per heavy atom. The average molecular weight is 235 g/mol. The lowest BCUT2D eigenvalue weighted by atomic mass is 10.2. The van der Waals surface area contributed by atoms with Crippen molar-refractivity contribution in [1.82, 2.24) is 15.5 Å². The molecule has 3 heteroatoms. The number of benzene rings is 1. The number of hydrogen-bond acceptors (Lipinski definition) is 3. The molecule has 0 amide bonds. The molecule has 1 aromatic rings. The summed E-state index contributed by atoms with van der Waals surface area (Å²) in [6, 6.07) is 10.5. The average Bonchev–Trinajstić information content (AvgIpc) is 2.33. The lowest BCUT2D eigenvalue weighted by Crippen LogP contribution is -2.29. The summed E-state index contributed by atoms with van der Waals surface area (Å²) in [5, 5.41) is 6.87. The molecule has 0 unspecified atom stereocenters. The van der Waals surface area contributed by atoms with E-state index in [1.807, 2.05) is 0 Å². The van der Waals surface area contributed by atoms with Gasteiger partial charge in [-0.1, -0.05) is 30.3 Å². The monoisotopic (exact) mass is 235 g/mol. The Balaban J connectivity index is 1.88. The molecule has 0 aromatic heterocycles. The SMILES string of the molecule is CN(C)CCCNCCNCc1ccccc1. The van der Waals surface area contributed by atoms with Crippen LogP contribution < -0.4 is 10.6 Å². The van der Waals surface area contributed by atoms with Crippen molar-refractivity contribution in [3.05, 3.63) is 35.9 Å².